The molecule has 0 saturated carbocycles. The summed E-state index contributed by atoms with van der Waals surface area (Å²) in [5, 5.41) is 1.10. The molecule has 0 aliphatic carbocycles. The van der Waals surface area contributed by atoms with E-state index in [1.54, 1.807) is 24.3 Å². The van der Waals surface area contributed by atoms with Crippen LogP contribution in [0.4, 0.5) is 0 Å². The van der Waals surface area contributed by atoms with Crippen molar-refractivity contribution < 1.29 is 18.8 Å². The summed E-state index contributed by atoms with van der Waals surface area (Å²) in [7, 11) is 3.48. The minimum Gasteiger partial charge on any atom is -0.465 e. The molecule has 6 heteroatoms. The van der Waals surface area contributed by atoms with Crippen molar-refractivity contribution in [2.45, 2.75) is 26.4 Å². The first-order valence-corrected chi connectivity index (χ1v) is 8.66. The lowest BCUT2D eigenvalue weighted by atomic mass is 10.2. The highest BCUT2D eigenvalue weighted by Crippen LogP contribution is 2.25. The van der Waals surface area contributed by atoms with Gasteiger partial charge in [0.05, 0.1) is 24.4 Å². The molecule has 1 unspecified atom stereocenters. The van der Waals surface area contributed by atoms with E-state index in [0.29, 0.717) is 17.9 Å². The number of ether oxygens (including phenoxy) is 1. The van der Waals surface area contributed by atoms with Crippen LogP contribution in [0.25, 0.3) is 10.2 Å². The van der Waals surface area contributed by atoms with Crippen LogP contribution in [0.2, 0.25) is 0 Å². The van der Waals surface area contributed by atoms with E-state index in [1.807, 2.05) is 18.2 Å². The molecular formula is C18H21N2O3S+. The highest BCUT2D eigenvalue weighted by atomic mass is 32.1. The number of rotatable bonds is 5. The molecule has 2 heterocycles. The average Bonchev–Trinajstić information content (AvgIpc) is 3.16. The van der Waals surface area contributed by atoms with Crippen molar-refractivity contribution >= 4 is 27.5 Å². The molecule has 0 aliphatic rings. The molecule has 2 aromatic heterocycles. The number of carbonyl (C=O) groups excluding carboxylic acids is 1. The Labute approximate surface area is 144 Å². The second-order valence-electron chi connectivity index (χ2n) is 5.94. The topological polar surface area (TPSA) is 56.8 Å². The Hall–Kier alpha value is -2.18. The van der Waals surface area contributed by atoms with Crippen molar-refractivity contribution in [3.05, 3.63) is 52.4 Å². The van der Waals surface area contributed by atoms with Crippen LogP contribution in [0.3, 0.4) is 0 Å². The molecule has 0 bridgehead atoms. The van der Waals surface area contributed by atoms with E-state index in [9.17, 15) is 4.79 Å². The Morgan fingerprint density at radius 3 is 2.88 bits per heavy atom. The first-order chi connectivity index (χ1) is 11.5. The van der Waals surface area contributed by atoms with Gasteiger partial charge in [-0.15, -0.1) is 11.3 Å². The van der Waals surface area contributed by atoms with Crippen LogP contribution in [-0.2, 0) is 11.3 Å². The SMILES string of the molecule is COC(=O)c1cc(C[NH+](C)[C@H](C)c2nc3ccccc3s2)oc1C. The maximum atomic E-state index is 11.7. The molecule has 0 saturated heterocycles. The number of hydrogen-bond donors (Lipinski definition) is 1. The number of fused-ring (bicyclic) bond motifs is 1. The fourth-order valence-electron chi connectivity index (χ4n) is 2.66. The maximum Gasteiger partial charge on any atom is 0.341 e. The minimum absolute atomic E-state index is 0.231. The lowest BCUT2D eigenvalue weighted by molar-refractivity contribution is -0.924. The fourth-order valence-corrected chi connectivity index (χ4v) is 3.77. The summed E-state index contributed by atoms with van der Waals surface area (Å²) < 4.78 is 11.7. The molecule has 3 rings (SSSR count). The lowest BCUT2D eigenvalue weighted by Gasteiger charge is -2.18. The van der Waals surface area contributed by atoms with Crippen LogP contribution in [-0.4, -0.2) is 25.1 Å². The van der Waals surface area contributed by atoms with Crippen LogP contribution >= 0.6 is 11.3 Å². The highest BCUT2D eigenvalue weighted by Gasteiger charge is 2.23. The van der Waals surface area contributed by atoms with Crippen LogP contribution in [0.15, 0.2) is 34.7 Å². The summed E-state index contributed by atoms with van der Waals surface area (Å²) >= 11 is 1.72. The Kier molecular flexibility index (Phi) is 4.69. The Morgan fingerprint density at radius 2 is 2.17 bits per heavy atom. The predicted octanol–water partition coefficient (Wildman–Crippen LogP) is 2.76. The largest absolute Gasteiger partial charge is 0.465 e. The molecule has 0 radical (unpaired) electrons. The molecule has 0 spiro atoms. The molecule has 2 atom stereocenters. The van der Waals surface area contributed by atoms with Crippen molar-refractivity contribution in [1.82, 2.24) is 4.98 Å². The van der Waals surface area contributed by atoms with Gasteiger partial charge in [0, 0.05) is 6.07 Å². The monoisotopic (exact) mass is 345 g/mol. The van der Waals surface area contributed by atoms with Crippen LogP contribution in [0.1, 0.15) is 39.9 Å². The smallest absolute Gasteiger partial charge is 0.341 e. The van der Waals surface area contributed by atoms with Gasteiger partial charge < -0.3 is 14.1 Å². The summed E-state index contributed by atoms with van der Waals surface area (Å²) in [5.74, 6) is 1.01. The van der Waals surface area contributed by atoms with E-state index < -0.39 is 0 Å². The second-order valence-corrected chi connectivity index (χ2v) is 7.00. The fraction of sp³-hybridized carbons (Fsp3) is 0.333. The number of para-hydroxylation sites is 1. The van der Waals surface area contributed by atoms with Gasteiger partial charge in [0.25, 0.3) is 0 Å². The number of aromatic nitrogens is 1. The summed E-state index contributed by atoms with van der Waals surface area (Å²) in [6.07, 6.45) is 0. The molecule has 24 heavy (non-hydrogen) atoms. The highest BCUT2D eigenvalue weighted by molar-refractivity contribution is 7.18. The Bertz CT molecular complexity index is 835. The van der Waals surface area contributed by atoms with Crippen molar-refractivity contribution in [3.8, 4) is 0 Å². The van der Waals surface area contributed by atoms with Crippen LogP contribution < -0.4 is 4.90 Å². The predicted molar refractivity (Wildman–Crippen MR) is 93.4 cm³/mol. The number of methoxy groups -OCH3 is 1. The molecule has 0 aliphatic heterocycles. The van der Waals surface area contributed by atoms with Crippen molar-refractivity contribution in [1.29, 1.82) is 0 Å². The van der Waals surface area contributed by atoms with E-state index in [4.69, 9.17) is 14.1 Å². The van der Waals surface area contributed by atoms with E-state index in [2.05, 4.69) is 20.0 Å². The number of nitrogens with one attached hydrogen (secondary N) is 1. The summed E-state index contributed by atoms with van der Waals surface area (Å²) in [6, 6.07) is 10.2. The lowest BCUT2D eigenvalue weighted by Crippen LogP contribution is -3.07. The number of furan rings is 1. The molecular weight excluding hydrogens is 324 g/mol. The molecule has 1 aromatic carbocycles. The van der Waals surface area contributed by atoms with Crippen LogP contribution in [0, 0.1) is 6.92 Å². The standard InChI is InChI=1S/C18H20N2O3S/c1-11(17-19-15-7-5-6-8-16(15)24-17)20(3)10-13-9-14(12(2)23-13)18(21)22-4/h5-9,11H,10H2,1-4H3/p+1/t11-/m1/s1. The van der Waals surface area contributed by atoms with Crippen molar-refractivity contribution in [2.75, 3.05) is 14.2 Å². The molecule has 0 amide bonds. The number of aryl methyl sites for hydroxylation is 1. The van der Waals surface area contributed by atoms with Gasteiger partial charge in [-0.25, -0.2) is 9.78 Å². The Morgan fingerprint density at radius 1 is 1.42 bits per heavy atom. The number of thiazole rings is 1. The van der Waals surface area contributed by atoms with E-state index in [0.717, 1.165) is 16.3 Å². The van der Waals surface area contributed by atoms with Crippen molar-refractivity contribution in [2.24, 2.45) is 0 Å². The van der Waals surface area contributed by atoms with Gasteiger partial charge in [-0.05, 0) is 26.0 Å². The molecule has 0 fully saturated rings. The molecule has 3 aromatic rings. The first-order valence-electron chi connectivity index (χ1n) is 7.85. The third-order valence-corrected chi connectivity index (χ3v) is 5.47. The number of esters is 1. The zero-order valence-corrected chi connectivity index (χ0v) is 15.1. The molecule has 1 N–H and O–H groups in total. The Balaban J connectivity index is 1.76. The number of benzene rings is 1. The number of quaternary nitrogens is 1. The van der Waals surface area contributed by atoms with Crippen molar-refractivity contribution in [3.63, 3.8) is 0 Å². The normalized spacial score (nSPS) is 13.8. The summed E-state index contributed by atoms with van der Waals surface area (Å²) in [6.45, 7) is 4.61. The van der Waals surface area contributed by atoms with Crippen LogP contribution in [0.5, 0.6) is 0 Å². The van der Waals surface area contributed by atoms with Gasteiger partial charge in [0.1, 0.15) is 23.9 Å². The van der Waals surface area contributed by atoms with E-state index in [-0.39, 0.29) is 12.0 Å². The number of nitrogens with zero attached hydrogens (tertiary/aromatic N) is 1. The zero-order chi connectivity index (χ0) is 17.3. The number of hydrogen-bond acceptors (Lipinski definition) is 5. The third-order valence-electron chi connectivity index (χ3n) is 4.25. The van der Waals surface area contributed by atoms with E-state index >= 15 is 0 Å². The van der Waals surface area contributed by atoms with Gasteiger partial charge in [-0.3, -0.25) is 0 Å². The maximum absolute atomic E-state index is 11.7. The minimum atomic E-state index is -0.362. The van der Waals surface area contributed by atoms with E-state index in [1.165, 1.54) is 16.7 Å². The molecule has 126 valence electrons. The molecule has 5 nitrogen and oxygen atoms in total. The van der Waals surface area contributed by atoms with Gasteiger partial charge in [-0.2, -0.15) is 0 Å². The van der Waals surface area contributed by atoms with Gasteiger partial charge in [-0.1, -0.05) is 12.1 Å². The first kappa shape index (κ1) is 16.7. The summed E-state index contributed by atoms with van der Waals surface area (Å²) in [4.78, 5) is 17.7. The average molecular weight is 345 g/mol. The van der Waals surface area contributed by atoms with Gasteiger partial charge in [0.2, 0.25) is 0 Å². The summed E-state index contributed by atoms with van der Waals surface area (Å²) in [5.41, 5.74) is 1.53. The number of carbonyl (C=O) groups is 1. The second kappa shape index (κ2) is 6.75. The van der Waals surface area contributed by atoms with Gasteiger partial charge in [0.15, 0.2) is 10.8 Å². The quantitative estimate of drug-likeness (QED) is 0.723. The third kappa shape index (κ3) is 3.20. The van der Waals surface area contributed by atoms with Gasteiger partial charge >= 0.3 is 5.97 Å². The zero-order valence-electron chi connectivity index (χ0n) is 14.3.